The van der Waals surface area contributed by atoms with Crippen LogP contribution in [0.5, 0.6) is 0 Å². The molecule has 0 aliphatic carbocycles. The van der Waals surface area contributed by atoms with E-state index in [0.29, 0.717) is 11.6 Å². The third-order valence-corrected chi connectivity index (χ3v) is 4.22. The number of carbonyl (C=O) groups excluding carboxylic acids is 1. The Balaban J connectivity index is 1.78. The molecule has 1 amide bonds. The minimum absolute atomic E-state index is 0.0718. The van der Waals surface area contributed by atoms with Crippen molar-refractivity contribution in [3.8, 4) is 6.07 Å². The highest BCUT2D eigenvalue weighted by atomic mass is 32.1. The first-order chi connectivity index (χ1) is 9.19. The number of piperidine rings is 1. The van der Waals surface area contributed by atoms with Gasteiger partial charge in [0.25, 0.3) is 0 Å². The minimum atomic E-state index is 0.0718. The number of anilines is 1. The molecule has 1 aromatic rings. The fourth-order valence-electron chi connectivity index (χ4n) is 2.25. The van der Waals surface area contributed by atoms with Crippen LogP contribution in [0.15, 0.2) is 5.38 Å². The van der Waals surface area contributed by atoms with Gasteiger partial charge in [-0.25, -0.2) is 4.98 Å². The van der Waals surface area contributed by atoms with Gasteiger partial charge in [0, 0.05) is 24.3 Å². The predicted molar refractivity (Wildman–Crippen MR) is 74.9 cm³/mol. The van der Waals surface area contributed by atoms with Gasteiger partial charge in [0.05, 0.1) is 11.8 Å². The van der Waals surface area contributed by atoms with Crippen LogP contribution in [0.2, 0.25) is 0 Å². The topological polar surface area (TPSA) is 69.0 Å². The number of carbonyl (C=O) groups is 1. The number of nitriles is 1. The molecule has 1 saturated heterocycles. The molecule has 0 spiro atoms. The van der Waals surface area contributed by atoms with Crippen molar-refractivity contribution in [2.45, 2.75) is 26.2 Å². The summed E-state index contributed by atoms with van der Waals surface area (Å²) in [7, 11) is 0. The number of hydrogen-bond donors (Lipinski definition) is 1. The summed E-state index contributed by atoms with van der Waals surface area (Å²) in [6, 6.07) is 2.16. The molecular weight excluding hydrogens is 260 g/mol. The van der Waals surface area contributed by atoms with Crippen molar-refractivity contribution in [1.29, 1.82) is 5.26 Å². The predicted octanol–water partition coefficient (Wildman–Crippen LogP) is 2.02. The van der Waals surface area contributed by atoms with Crippen LogP contribution in [-0.4, -0.2) is 35.4 Å². The van der Waals surface area contributed by atoms with Crippen LogP contribution in [0.1, 0.15) is 25.0 Å². The maximum absolute atomic E-state index is 12.1. The van der Waals surface area contributed by atoms with E-state index >= 15 is 0 Å². The Morgan fingerprint density at radius 2 is 2.37 bits per heavy atom. The van der Waals surface area contributed by atoms with Gasteiger partial charge in [-0.1, -0.05) is 0 Å². The fourth-order valence-corrected chi connectivity index (χ4v) is 2.94. The summed E-state index contributed by atoms with van der Waals surface area (Å²) < 4.78 is 0. The van der Waals surface area contributed by atoms with Crippen LogP contribution in [0.4, 0.5) is 5.13 Å². The van der Waals surface area contributed by atoms with E-state index in [1.165, 1.54) is 11.3 Å². The number of nitrogens with one attached hydrogen (secondary N) is 1. The summed E-state index contributed by atoms with van der Waals surface area (Å²) in [4.78, 5) is 18.6. The highest BCUT2D eigenvalue weighted by Gasteiger charge is 2.25. The Morgan fingerprint density at radius 3 is 2.95 bits per heavy atom. The van der Waals surface area contributed by atoms with Crippen molar-refractivity contribution in [2.24, 2.45) is 5.92 Å². The van der Waals surface area contributed by atoms with Gasteiger partial charge in [0.2, 0.25) is 5.91 Å². The first-order valence-electron chi connectivity index (χ1n) is 6.51. The molecule has 5 nitrogen and oxygen atoms in total. The van der Waals surface area contributed by atoms with E-state index in [4.69, 9.17) is 5.26 Å². The van der Waals surface area contributed by atoms with Gasteiger partial charge in [-0.15, -0.1) is 11.3 Å². The normalized spacial score (nSPS) is 17.1. The first-order valence-corrected chi connectivity index (χ1v) is 7.39. The molecular formula is C13H18N4OS. The quantitative estimate of drug-likeness (QED) is 0.914. The zero-order valence-corrected chi connectivity index (χ0v) is 11.9. The molecule has 1 aliphatic heterocycles. The van der Waals surface area contributed by atoms with E-state index in [0.717, 1.165) is 38.2 Å². The maximum atomic E-state index is 12.1. The van der Waals surface area contributed by atoms with E-state index in [9.17, 15) is 4.79 Å². The molecule has 2 rings (SSSR count). The Hall–Kier alpha value is -1.45. The van der Waals surface area contributed by atoms with E-state index in [1.807, 2.05) is 12.3 Å². The Kier molecular flexibility index (Phi) is 4.88. The first kappa shape index (κ1) is 14.0. The van der Waals surface area contributed by atoms with Crippen molar-refractivity contribution < 1.29 is 4.79 Å². The Labute approximate surface area is 117 Å². The van der Waals surface area contributed by atoms with Crippen LogP contribution in [-0.2, 0) is 4.79 Å². The van der Waals surface area contributed by atoms with Gasteiger partial charge in [-0.3, -0.25) is 4.79 Å². The number of nitrogens with zero attached hydrogens (tertiary/aromatic N) is 3. The SMILES string of the molecule is Cc1csc(NC(=O)C2CCN(CCC#N)CC2)n1. The number of aryl methyl sites for hydroxylation is 1. The van der Waals surface area contributed by atoms with Crippen LogP contribution in [0, 0.1) is 24.2 Å². The molecule has 2 heterocycles. The standard InChI is InChI=1S/C13H18N4OS/c1-10-9-19-13(15-10)16-12(18)11-3-7-17(8-4-11)6-2-5-14/h9,11H,2-4,6-8H2,1H3,(H,15,16,18). The number of aromatic nitrogens is 1. The van der Waals surface area contributed by atoms with Crippen molar-refractivity contribution in [2.75, 3.05) is 25.0 Å². The van der Waals surface area contributed by atoms with Crippen LogP contribution >= 0.6 is 11.3 Å². The number of amides is 1. The van der Waals surface area contributed by atoms with Gasteiger partial charge in [0.15, 0.2) is 5.13 Å². The monoisotopic (exact) mass is 278 g/mol. The van der Waals surface area contributed by atoms with Gasteiger partial charge < -0.3 is 10.2 Å². The zero-order chi connectivity index (χ0) is 13.7. The fraction of sp³-hybridized carbons (Fsp3) is 0.615. The molecule has 1 N–H and O–H groups in total. The smallest absolute Gasteiger partial charge is 0.229 e. The molecule has 0 bridgehead atoms. The molecule has 0 atom stereocenters. The molecule has 1 fully saturated rings. The molecule has 0 unspecified atom stereocenters. The molecule has 102 valence electrons. The lowest BCUT2D eigenvalue weighted by molar-refractivity contribution is -0.121. The number of thiazole rings is 1. The van der Waals surface area contributed by atoms with Crippen molar-refractivity contribution in [3.63, 3.8) is 0 Å². The third-order valence-electron chi connectivity index (χ3n) is 3.35. The van der Waals surface area contributed by atoms with Gasteiger partial charge in [-0.05, 0) is 32.9 Å². The van der Waals surface area contributed by atoms with Gasteiger partial charge in [-0.2, -0.15) is 5.26 Å². The van der Waals surface area contributed by atoms with E-state index in [1.54, 1.807) is 0 Å². The third kappa shape index (κ3) is 4.01. The molecule has 1 aromatic heterocycles. The lowest BCUT2D eigenvalue weighted by Gasteiger charge is -2.30. The second kappa shape index (κ2) is 6.64. The second-order valence-corrected chi connectivity index (χ2v) is 5.67. The molecule has 0 aromatic carbocycles. The number of likely N-dealkylation sites (tertiary alicyclic amines) is 1. The Bertz CT molecular complexity index is 471. The zero-order valence-electron chi connectivity index (χ0n) is 11.1. The summed E-state index contributed by atoms with van der Waals surface area (Å²) in [5.41, 5.74) is 0.937. The highest BCUT2D eigenvalue weighted by molar-refractivity contribution is 7.13. The molecule has 1 aliphatic rings. The van der Waals surface area contributed by atoms with Gasteiger partial charge >= 0.3 is 0 Å². The van der Waals surface area contributed by atoms with Crippen molar-refractivity contribution in [3.05, 3.63) is 11.1 Å². The summed E-state index contributed by atoms with van der Waals surface area (Å²) in [6.45, 7) is 4.53. The lowest BCUT2D eigenvalue weighted by Crippen LogP contribution is -2.38. The van der Waals surface area contributed by atoms with E-state index in [-0.39, 0.29) is 11.8 Å². The average molecular weight is 278 g/mol. The number of rotatable bonds is 4. The maximum Gasteiger partial charge on any atom is 0.229 e. The van der Waals surface area contributed by atoms with Gasteiger partial charge in [0.1, 0.15) is 0 Å². The average Bonchev–Trinajstić information content (AvgIpc) is 2.82. The van der Waals surface area contributed by atoms with Crippen LogP contribution < -0.4 is 5.32 Å². The second-order valence-electron chi connectivity index (χ2n) is 4.81. The van der Waals surface area contributed by atoms with Crippen molar-refractivity contribution >= 4 is 22.4 Å². The Morgan fingerprint density at radius 1 is 1.63 bits per heavy atom. The summed E-state index contributed by atoms with van der Waals surface area (Å²) in [5, 5.41) is 14.1. The van der Waals surface area contributed by atoms with Crippen LogP contribution in [0.25, 0.3) is 0 Å². The number of hydrogen-bond acceptors (Lipinski definition) is 5. The lowest BCUT2D eigenvalue weighted by atomic mass is 9.96. The molecule has 19 heavy (non-hydrogen) atoms. The minimum Gasteiger partial charge on any atom is -0.302 e. The molecule has 6 heteroatoms. The van der Waals surface area contributed by atoms with Crippen LogP contribution in [0.3, 0.4) is 0 Å². The largest absolute Gasteiger partial charge is 0.302 e. The summed E-state index contributed by atoms with van der Waals surface area (Å²) in [6.07, 6.45) is 2.29. The summed E-state index contributed by atoms with van der Waals surface area (Å²) >= 11 is 1.46. The van der Waals surface area contributed by atoms with Crippen molar-refractivity contribution in [1.82, 2.24) is 9.88 Å². The summed E-state index contributed by atoms with van der Waals surface area (Å²) in [5.74, 6) is 0.150. The molecule has 0 saturated carbocycles. The highest BCUT2D eigenvalue weighted by Crippen LogP contribution is 2.21. The van der Waals surface area contributed by atoms with E-state index < -0.39 is 0 Å². The van der Waals surface area contributed by atoms with E-state index in [2.05, 4.69) is 21.3 Å². The molecule has 0 radical (unpaired) electrons.